The molecule has 1 heterocycles. The van der Waals surface area contributed by atoms with Crippen molar-refractivity contribution in [2.75, 3.05) is 7.11 Å². The van der Waals surface area contributed by atoms with Crippen LogP contribution in [0.2, 0.25) is 0 Å². The van der Waals surface area contributed by atoms with Gasteiger partial charge in [0.25, 0.3) is 0 Å². The van der Waals surface area contributed by atoms with E-state index in [-0.39, 0.29) is 10.3 Å². The van der Waals surface area contributed by atoms with Gasteiger partial charge in [-0.15, -0.1) is 0 Å². The molecular weight excluding hydrogens is 390 g/mol. The summed E-state index contributed by atoms with van der Waals surface area (Å²) in [6.07, 6.45) is 0. The first-order chi connectivity index (χ1) is 13.9. The zero-order valence-corrected chi connectivity index (χ0v) is 16.3. The summed E-state index contributed by atoms with van der Waals surface area (Å²) >= 11 is 0. The standard InChI is InChI=1S/C22H17NO5S/c1-27-18-8-4-2-6-16(18)20-21(24)17-7-3-5-9-19(17)28-22(20)14-10-12-15(13-11-14)29(23,25)26/h2-13H,1H3,(H2,23,25,26). The fourth-order valence-electron chi connectivity index (χ4n) is 3.24. The first kappa shape index (κ1) is 18.9. The minimum absolute atomic E-state index is 0.0248. The van der Waals surface area contributed by atoms with Crippen LogP contribution in [0.4, 0.5) is 0 Å². The van der Waals surface area contributed by atoms with E-state index >= 15 is 0 Å². The Morgan fingerprint density at radius 3 is 2.24 bits per heavy atom. The number of methoxy groups -OCH3 is 1. The van der Waals surface area contributed by atoms with Crippen molar-refractivity contribution in [1.82, 2.24) is 0 Å². The molecule has 0 aliphatic heterocycles. The van der Waals surface area contributed by atoms with Gasteiger partial charge in [-0.2, -0.15) is 0 Å². The molecule has 0 unspecified atom stereocenters. The van der Waals surface area contributed by atoms with Crippen LogP contribution in [0, 0.1) is 0 Å². The summed E-state index contributed by atoms with van der Waals surface area (Å²) in [5.41, 5.74) is 1.69. The molecule has 0 bridgehead atoms. The number of primary sulfonamides is 1. The topological polar surface area (TPSA) is 99.6 Å². The van der Waals surface area contributed by atoms with Gasteiger partial charge in [-0.3, -0.25) is 4.79 Å². The summed E-state index contributed by atoms with van der Waals surface area (Å²) in [5, 5.41) is 5.63. The number of para-hydroxylation sites is 2. The van der Waals surface area contributed by atoms with Crippen LogP contribution in [-0.2, 0) is 10.0 Å². The van der Waals surface area contributed by atoms with Crippen LogP contribution in [0.3, 0.4) is 0 Å². The van der Waals surface area contributed by atoms with Gasteiger partial charge in [0.15, 0.2) is 0 Å². The highest BCUT2D eigenvalue weighted by Gasteiger charge is 2.21. The highest BCUT2D eigenvalue weighted by atomic mass is 32.2. The molecule has 3 aromatic carbocycles. The lowest BCUT2D eigenvalue weighted by Gasteiger charge is -2.13. The average molecular weight is 407 g/mol. The third-order valence-corrected chi connectivity index (χ3v) is 5.55. The molecule has 0 amide bonds. The maximum Gasteiger partial charge on any atom is 0.238 e. The highest BCUT2D eigenvalue weighted by Crippen LogP contribution is 2.37. The predicted octanol–water partition coefficient (Wildman–Crippen LogP) is 3.78. The Bertz CT molecular complexity index is 1370. The van der Waals surface area contributed by atoms with E-state index in [0.717, 1.165) is 0 Å². The van der Waals surface area contributed by atoms with E-state index < -0.39 is 10.0 Å². The number of nitrogens with two attached hydrogens (primary N) is 1. The number of hydrogen-bond donors (Lipinski definition) is 1. The molecule has 146 valence electrons. The van der Waals surface area contributed by atoms with Crippen molar-refractivity contribution >= 4 is 21.0 Å². The second-order valence-corrected chi connectivity index (χ2v) is 7.96. The smallest absolute Gasteiger partial charge is 0.238 e. The molecular formula is C22H17NO5S. The Hall–Kier alpha value is -3.42. The Balaban J connectivity index is 2.06. The van der Waals surface area contributed by atoms with Gasteiger partial charge in [-0.05, 0) is 42.5 Å². The van der Waals surface area contributed by atoms with Gasteiger partial charge in [0, 0.05) is 11.1 Å². The van der Waals surface area contributed by atoms with Crippen molar-refractivity contribution in [2.45, 2.75) is 4.90 Å². The van der Waals surface area contributed by atoms with E-state index in [9.17, 15) is 13.2 Å². The fourth-order valence-corrected chi connectivity index (χ4v) is 3.75. The largest absolute Gasteiger partial charge is 0.496 e. The minimum Gasteiger partial charge on any atom is -0.496 e. The summed E-state index contributed by atoms with van der Waals surface area (Å²) in [6, 6.07) is 20.0. The third kappa shape index (κ3) is 3.41. The van der Waals surface area contributed by atoms with E-state index in [0.29, 0.717) is 39.2 Å². The Morgan fingerprint density at radius 2 is 1.55 bits per heavy atom. The number of rotatable bonds is 4. The Kier molecular flexibility index (Phi) is 4.70. The van der Waals surface area contributed by atoms with Crippen molar-refractivity contribution in [3.8, 4) is 28.2 Å². The molecule has 29 heavy (non-hydrogen) atoms. The van der Waals surface area contributed by atoms with Gasteiger partial charge in [0.05, 0.1) is 23.0 Å². The van der Waals surface area contributed by atoms with Crippen molar-refractivity contribution in [1.29, 1.82) is 0 Å². The molecule has 1 aromatic heterocycles. The second-order valence-electron chi connectivity index (χ2n) is 6.40. The van der Waals surface area contributed by atoms with Crippen LogP contribution in [0.25, 0.3) is 33.4 Å². The molecule has 6 nitrogen and oxygen atoms in total. The van der Waals surface area contributed by atoms with E-state index in [2.05, 4.69) is 0 Å². The monoisotopic (exact) mass is 407 g/mol. The molecule has 4 rings (SSSR count). The lowest BCUT2D eigenvalue weighted by molar-refractivity contribution is 0.416. The summed E-state index contributed by atoms with van der Waals surface area (Å²) in [5.74, 6) is 0.844. The SMILES string of the molecule is COc1ccccc1-c1c(-c2ccc(S(N)(=O)=O)cc2)oc2ccccc2c1=O. The molecule has 0 saturated carbocycles. The Morgan fingerprint density at radius 1 is 0.897 bits per heavy atom. The molecule has 0 radical (unpaired) electrons. The minimum atomic E-state index is -3.83. The van der Waals surface area contributed by atoms with E-state index in [4.69, 9.17) is 14.3 Å². The van der Waals surface area contributed by atoms with E-state index in [1.54, 1.807) is 54.6 Å². The van der Waals surface area contributed by atoms with Gasteiger partial charge in [-0.25, -0.2) is 13.6 Å². The molecule has 4 aromatic rings. The molecule has 0 spiro atoms. The predicted molar refractivity (Wildman–Crippen MR) is 111 cm³/mol. The average Bonchev–Trinajstić information content (AvgIpc) is 2.73. The quantitative estimate of drug-likeness (QED) is 0.555. The maximum atomic E-state index is 13.4. The molecule has 2 N–H and O–H groups in total. The maximum absolute atomic E-state index is 13.4. The van der Waals surface area contributed by atoms with Gasteiger partial charge in [-0.1, -0.05) is 30.3 Å². The van der Waals surface area contributed by atoms with Crippen molar-refractivity contribution in [3.63, 3.8) is 0 Å². The van der Waals surface area contributed by atoms with Gasteiger partial charge >= 0.3 is 0 Å². The molecule has 0 aliphatic carbocycles. The molecule has 0 fully saturated rings. The first-order valence-electron chi connectivity index (χ1n) is 8.72. The molecule has 7 heteroatoms. The molecule has 0 atom stereocenters. The van der Waals surface area contributed by atoms with Crippen LogP contribution < -0.4 is 15.3 Å². The van der Waals surface area contributed by atoms with Crippen LogP contribution in [0.1, 0.15) is 0 Å². The lowest BCUT2D eigenvalue weighted by Crippen LogP contribution is -2.12. The lowest BCUT2D eigenvalue weighted by atomic mass is 9.97. The number of hydrogen-bond acceptors (Lipinski definition) is 5. The number of sulfonamides is 1. The van der Waals surface area contributed by atoms with Gasteiger partial charge < -0.3 is 9.15 Å². The zero-order valence-electron chi connectivity index (χ0n) is 15.5. The number of fused-ring (bicyclic) bond motifs is 1. The summed E-state index contributed by atoms with van der Waals surface area (Å²) in [4.78, 5) is 13.4. The number of benzene rings is 3. The fraction of sp³-hybridized carbons (Fsp3) is 0.0455. The van der Waals surface area contributed by atoms with E-state index in [1.165, 1.54) is 19.2 Å². The second kappa shape index (κ2) is 7.20. The van der Waals surface area contributed by atoms with Crippen LogP contribution in [-0.4, -0.2) is 15.5 Å². The van der Waals surface area contributed by atoms with Crippen molar-refractivity contribution in [3.05, 3.63) is 83.0 Å². The van der Waals surface area contributed by atoms with Crippen LogP contribution >= 0.6 is 0 Å². The normalized spacial score (nSPS) is 11.5. The van der Waals surface area contributed by atoms with Gasteiger partial charge in [0.1, 0.15) is 17.1 Å². The highest BCUT2D eigenvalue weighted by molar-refractivity contribution is 7.89. The molecule has 0 aliphatic rings. The third-order valence-electron chi connectivity index (χ3n) is 4.62. The van der Waals surface area contributed by atoms with Crippen molar-refractivity contribution in [2.24, 2.45) is 5.14 Å². The van der Waals surface area contributed by atoms with Crippen LogP contribution in [0.5, 0.6) is 5.75 Å². The van der Waals surface area contributed by atoms with Crippen LogP contribution in [0.15, 0.2) is 86.9 Å². The summed E-state index contributed by atoms with van der Waals surface area (Å²) in [7, 11) is -2.30. The summed E-state index contributed by atoms with van der Waals surface area (Å²) in [6.45, 7) is 0. The van der Waals surface area contributed by atoms with Crippen molar-refractivity contribution < 1.29 is 17.6 Å². The number of ether oxygens (including phenoxy) is 1. The molecule has 0 saturated heterocycles. The first-order valence-corrected chi connectivity index (χ1v) is 10.3. The Labute approximate surface area is 167 Å². The summed E-state index contributed by atoms with van der Waals surface area (Å²) < 4.78 is 34.7. The van der Waals surface area contributed by atoms with Gasteiger partial charge in [0.2, 0.25) is 15.5 Å². The zero-order chi connectivity index (χ0) is 20.6. The van der Waals surface area contributed by atoms with E-state index in [1.807, 2.05) is 6.07 Å².